The molecule has 0 saturated heterocycles. The Balaban J connectivity index is 1.41. The van der Waals surface area contributed by atoms with Crippen molar-refractivity contribution in [1.29, 1.82) is 0 Å². The summed E-state index contributed by atoms with van der Waals surface area (Å²) in [7, 11) is 0. The average Bonchev–Trinajstić information content (AvgIpc) is 3.36. The molecule has 1 aromatic carbocycles. The minimum absolute atomic E-state index is 0.270. The van der Waals surface area contributed by atoms with Crippen LogP contribution < -0.4 is 22.2 Å². The van der Waals surface area contributed by atoms with Gasteiger partial charge < -0.3 is 22.2 Å². The van der Waals surface area contributed by atoms with Gasteiger partial charge in [-0.3, -0.25) is 4.57 Å². The summed E-state index contributed by atoms with van der Waals surface area (Å²) in [4.78, 5) is 8.51. The van der Waals surface area contributed by atoms with Crippen LogP contribution in [-0.2, 0) is 0 Å². The summed E-state index contributed by atoms with van der Waals surface area (Å²) < 4.78 is 3.61. The molecule has 1 fully saturated rings. The first-order valence-electron chi connectivity index (χ1n) is 10.3. The Bertz CT molecular complexity index is 1110. The molecule has 0 radical (unpaired) electrons. The van der Waals surface area contributed by atoms with Crippen molar-refractivity contribution in [3.8, 4) is 5.69 Å². The highest BCUT2D eigenvalue weighted by Crippen LogP contribution is 2.35. The number of rotatable bonds is 4. The molecule has 1 unspecified atom stereocenters. The molecule has 1 atom stereocenters. The normalized spacial score (nSPS) is 25.5. The number of benzene rings is 1. The van der Waals surface area contributed by atoms with Gasteiger partial charge in [0, 0.05) is 35.7 Å². The van der Waals surface area contributed by atoms with E-state index in [-0.39, 0.29) is 17.1 Å². The van der Waals surface area contributed by atoms with Crippen molar-refractivity contribution in [3.05, 3.63) is 65.2 Å². The number of nitrogens with one attached hydrogen (secondary N) is 2. The van der Waals surface area contributed by atoms with Gasteiger partial charge in [0.05, 0.1) is 5.70 Å². The zero-order valence-electron chi connectivity index (χ0n) is 16.8. The van der Waals surface area contributed by atoms with Crippen molar-refractivity contribution in [1.82, 2.24) is 19.2 Å². The van der Waals surface area contributed by atoms with E-state index in [0.29, 0.717) is 5.15 Å². The first kappa shape index (κ1) is 20.4. The van der Waals surface area contributed by atoms with E-state index in [1.54, 1.807) is 17.1 Å². The molecule has 1 saturated carbocycles. The van der Waals surface area contributed by atoms with E-state index >= 15 is 0 Å². The number of imidazole rings is 2. The SMILES string of the molecule is NC1CCC(C2(N)C=C(Nc3ccc(-n4cnc(Cl)c4Cl)cc3)c3nccn3N2)CC1. The highest BCUT2D eigenvalue weighted by molar-refractivity contribution is 6.40. The van der Waals surface area contributed by atoms with Gasteiger partial charge in [-0.2, -0.15) is 0 Å². The minimum Gasteiger partial charge on any atom is -0.353 e. The molecule has 6 N–H and O–H groups in total. The Labute approximate surface area is 190 Å². The predicted octanol–water partition coefficient (Wildman–Crippen LogP) is 3.56. The second kappa shape index (κ2) is 7.87. The van der Waals surface area contributed by atoms with Crippen LogP contribution in [-0.4, -0.2) is 30.9 Å². The lowest BCUT2D eigenvalue weighted by molar-refractivity contribution is 0.239. The van der Waals surface area contributed by atoms with Crippen molar-refractivity contribution >= 4 is 34.6 Å². The van der Waals surface area contributed by atoms with Crippen LogP contribution in [0.25, 0.3) is 11.4 Å². The van der Waals surface area contributed by atoms with Gasteiger partial charge in [-0.25, -0.2) is 14.6 Å². The molecular weight excluding hydrogens is 435 g/mol. The zero-order chi connectivity index (χ0) is 21.6. The summed E-state index contributed by atoms with van der Waals surface area (Å²) in [6.07, 6.45) is 11.2. The molecule has 2 aromatic heterocycles. The molecule has 0 amide bonds. The van der Waals surface area contributed by atoms with Crippen LogP contribution in [0.2, 0.25) is 10.3 Å². The monoisotopic (exact) mass is 458 g/mol. The molecule has 3 heterocycles. The molecule has 0 spiro atoms. The predicted molar refractivity (Wildman–Crippen MR) is 124 cm³/mol. The van der Waals surface area contributed by atoms with Gasteiger partial charge in [0.25, 0.3) is 0 Å². The standard InChI is InChI=1S/C21H24Cl2N8/c22-18-19(23)30(12-27-18)16-7-5-15(6-8-16)28-17-11-21(25,13-1-3-14(24)4-2-13)29-31-10-9-26-20(17)31/h5-14,28-29H,1-4,24-25H2. The van der Waals surface area contributed by atoms with Crippen molar-refractivity contribution in [3.63, 3.8) is 0 Å². The largest absolute Gasteiger partial charge is 0.353 e. The lowest BCUT2D eigenvalue weighted by Gasteiger charge is -2.42. The van der Waals surface area contributed by atoms with E-state index in [2.05, 4.69) is 26.8 Å². The fourth-order valence-corrected chi connectivity index (χ4v) is 4.71. The van der Waals surface area contributed by atoms with Gasteiger partial charge in [-0.1, -0.05) is 23.2 Å². The van der Waals surface area contributed by atoms with E-state index in [4.69, 9.17) is 34.7 Å². The molecule has 31 heavy (non-hydrogen) atoms. The second-order valence-electron chi connectivity index (χ2n) is 8.20. The quantitative estimate of drug-likeness (QED) is 0.475. The van der Waals surface area contributed by atoms with Crippen LogP contribution in [0, 0.1) is 5.92 Å². The molecular formula is C21H24Cl2N8. The summed E-state index contributed by atoms with van der Waals surface area (Å²) in [6.45, 7) is 0. The van der Waals surface area contributed by atoms with Gasteiger partial charge in [0.2, 0.25) is 0 Å². The van der Waals surface area contributed by atoms with E-state index in [1.165, 1.54) is 0 Å². The molecule has 5 rings (SSSR count). The van der Waals surface area contributed by atoms with Gasteiger partial charge in [-0.15, -0.1) is 0 Å². The Morgan fingerprint density at radius 1 is 1.10 bits per heavy atom. The fourth-order valence-electron chi connectivity index (χ4n) is 4.39. The third-order valence-electron chi connectivity index (χ3n) is 6.12. The molecule has 0 bridgehead atoms. The van der Waals surface area contributed by atoms with Crippen molar-refractivity contribution in [2.24, 2.45) is 17.4 Å². The van der Waals surface area contributed by atoms with Gasteiger partial charge in [0.15, 0.2) is 16.1 Å². The molecule has 1 aliphatic carbocycles. The number of hydrogen-bond donors (Lipinski definition) is 4. The average molecular weight is 459 g/mol. The third-order valence-corrected chi connectivity index (χ3v) is 6.85. The van der Waals surface area contributed by atoms with Crippen LogP contribution in [0.15, 0.2) is 49.1 Å². The number of nitrogens with two attached hydrogens (primary N) is 2. The highest BCUT2D eigenvalue weighted by atomic mass is 35.5. The molecule has 8 nitrogen and oxygen atoms in total. The lowest BCUT2D eigenvalue weighted by Crippen LogP contribution is -2.58. The van der Waals surface area contributed by atoms with Crippen molar-refractivity contribution < 1.29 is 0 Å². The van der Waals surface area contributed by atoms with E-state index < -0.39 is 5.66 Å². The lowest BCUT2D eigenvalue weighted by atomic mass is 9.78. The van der Waals surface area contributed by atoms with Crippen LogP contribution in [0.1, 0.15) is 31.5 Å². The third kappa shape index (κ3) is 3.80. The Morgan fingerprint density at radius 3 is 2.52 bits per heavy atom. The van der Waals surface area contributed by atoms with Crippen molar-refractivity contribution in [2.75, 3.05) is 10.7 Å². The van der Waals surface area contributed by atoms with Gasteiger partial charge in [-0.05, 0) is 56.0 Å². The van der Waals surface area contributed by atoms with Gasteiger partial charge >= 0.3 is 0 Å². The van der Waals surface area contributed by atoms with E-state index in [1.807, 2.05) is 35.1 Å². The number of anilines is 1. The molecule has 162 valence electrons. The minimum atomic E-state index is -0.683. The summed E-state index contributed by atoms with van der Waals surface area (Å²) in [6, 6.07) is 8.09. The topological polar surface area (TPSA) is 112 Å². The van der Waals surface area contributed by atoms with Crippen LogP contribution in [0.3, 0.4) is 0 Å². The summed E-state index contributed by atoms with van der Waals surface area (Å²) in [5.74, 6) is 1.07. The van der Waals surface area contributed by atoms with Crippen LogP contribution in [0.4, 0.5) is 5.69 Å². The highest BCUT2D eigenvalue weighted by Gasteiger charge is 2.39. The number of hydrogen-bond acceptors (Lipinski definition) is 6. The first-order chi connectivity index (χ1) is 14.9. The van der Waals surface area contributed by atoms with E-state index in [0.717, 1.165) is 48.6 Å². The maximum absolute atomic E-state index is 6.86. The van der Waals surface area contributed by atoms with E-state index in [9.17, 15) is 0 Å². The first-order valence-corrected chi connectivity index (χ1v) is 11.0. The van der Waals surface area contributed by atoms with Crippen molar-refractivity contribution in [2.45, 2.75) is 37.4 Å². The summed E-state index contributed by atoms with van der Waals surface area (Å²) in [5.41, 5.74) is 18.3. The van der Waals surface area contributed by atoms with Crippen LogP contribution in [0.5, 0.6) is 0 Å². The second-order valence-corrected chi connectivity index (χ2v) is 8.92. The molecule has 10 heteroatoms. The Hall–Kier alpha value is -2.52. The number of halogens is 2. The summed E-state index contributed by atoms with van der Waals surface area (Å²) in [5, 5.41) is 4.13. The Kier molecular flexibility index (Phi) is 5.18. The Morgan fingerprint density at radius 2 is 1.84 bits per heavy atom. The van der Waals surface area contributed by atoms with Crippen LogP contribution >= 0.6 is 23.2 Å². The fraction of sp³-hybridized carbons (Fsp3) is 0.333. The summed E-state index contributed by atoms with van der Waals surface area (Å²) >= 11 is 12.2. The zero-order valence-corrected chi connectivity index (χ0v) is 18.3. The number of nitrogens with zero attached hydrogens (tertiary/aromatic N) is 4. The number of fused-ring (bicyclic) bond motifs is 1. The van der Waals surface area contributed by atoms with Gasteiger partial charge in [0.1, 0.15) is 12.0 Å². The maximum Gasteiger partial charge on any atom is 0.174 e. The molecule has 3 aromatic rings. The number of aromatic nitrogens is 4. The smallest absolute Gasteiger partial charge is 0.174 e. The molecule has 2 aliphatic rings. The molecule has 1 aliphatic heterocycles. The maximum atomic E-state index is 6.86.